The van der Waals surface area contributed by atoms with E-state index >= 15 is 0 Å². The molecule has 0 atom stereocenters. The number of hydrogen-bond acceptors (Lipinski definition) is 2. The van der Waals surface area contributed by atoms with Crippen LogP contribution in [0.1, 0.15) is 43.5 Å². The average Bonchev–Trinajstić information content (AvgIpc) is 2.50. The topological polar surface area (TPSA) is 20.3 Å². The lowest BCUT2D eigenvalue weighted by Crippen LogP contribution is -2.25. The monoisotopic (exact) mass is 309 g/mol. The quantitative estimate of drug-likeness (QED) is 0.760. The molecule has 0 unspecified atom stereocenters. The zero-order valence-electron chi connectivity index (χ0n) is 11.1. The molecule has 98 valence electrons. The van der Waals surface area contributed by atoms with Crippen molar-refractivity contribution in [2.45, 2.75) is 33.1 Å². The molecule has 3 heteroatoms. The highest BCUT2D eigenvalue weighted by atomic mass is 79.9. The van der Waals surface area contributed by atoms with Gasteiger partial charge in [0.1, 0.15) is 6.29 Å². The molecule has 1 aliphatic heterocycles. The van der Waals surface area contributed by atoms with Crippen molar-refractivity contribution in [1.29, 1.82) is 0 Å². The van der Waals surface area contributed by atoms with Crippen LogP contribution < -0.4 is 4.90 Å². The molecule has 0 radical (unpaired) electrons. The number of hydrogen-bond donors (Lipinski definition) is 0. The Bertz CT molecular complexity index is 442. The summed E-state index contributed by atoms with van der Waals surface area (Å²) in [4.78, 5) is 13.2. The summed E-state index contributed by atoms with van der Waals surface area (Å²) in [6.45, 7) is 6.89. The SMILES string of the molecule is CC1(C)CCCN(c2ccc(C=O)cc2Br)CC1. The van der Waals surface area contributed by atoms with E-state index in [1.165, 1.54) is 24.9 Å². The van der Waals surface area contributed by atoms with E-state index in [1.807, 2.05) is 18.2 Å². The first-order valence-electron chi connectivity index (χ1n) is 6.51. The summed E-state index contributed by atoms with van der Waals surface area (Å²) in [5, 5.41) is 0. The number of halogens is 1. The van der Waals surface area contributed by atoms with Gasteiger partial charge in [-0.2, -0.15) is 0 Å². The predicted octanol–water partition coefficient (Wildman–Crippen LogP) is 4.28. The second kappa shape index (κ2) is 5.43. The van der Waals surface area contributed by atoms with Crippen LogP contribution in [0.5, 0.6) is 0 Å². The summed E-state index contributed by atoms with van der Waals surface area (Å²) in [5.41, 5.74) is 2.38. The number of carbonyl (C=O) groups excluding carboxylic acids is 1. The minimum absolute atomic E-state index is 0.448. The Kier molecular flexibility index (Phi) is 4.10. The Hall–Kier alpha value is -0.830. The van der Waals surface area contributed by atoms with Crippen LogP contribution >= 0.6 is 15.9 Å². The number of anilines is 1. The molecular formula is C15H20BrNO. The van der Waals surface area contributed by atoms with Crippen LogP contribution in [0.2, 0.25) is 0 Å². The summed E-state index contributed by atoms with van der Waals surface area (Å²) < 4.78 is 1.02. The zero-order chi connectivity index (χ0) is 13.2. The molecule has 18 heavy (non-hydrogen) atoms. The van der Waals surface area contributed by atoms with Crippen molar-refractivity contribution in [1.82, 2.24) is 0 Å². The smallest absolute Gasteiger partial charge is 0.150 e. The van der Waals surface area contributed by atoms with Crippen molar-refractivity contribution in [3.8, 4) is 0 Å². The second-order valence-corrected chi connectivity index (χ2v) is 6.69. The lowest BCUT2D eigenvalue weighted by Gasteiger charge is -2.25. The fourth-order valence-corrected chi connectivity index (χ4v) is 3.16. The predicted molar refractivity (Wildman–Crippen MR) is 79.4 cm³/mol. The van der Waals surface area contributed by atoms with Crippen molar-refractivity contribution < 1.29 is 4.79 Å². The molecule has 1 aromatic carbocycles. The molecule has 2 rings (SSSR count). The van der Waals surface area contributed by atoms with Crippen molar-refractivity contribution >= 4 is 27.9 Å². The van der Waals surface area contributed by atoms with E-state index in [1.54, 1.807) is 0 Å². The van der Waals surface area contributed by atoms with Crippen LogP contribution in [0.15, 0.2) is 22.7 Å². The maximum absolute atomic E-state index is 10.8. The highest BCUT2D eigenvalue weighted by molar-refractivity contribution is 9.10. The van der Waals surface area contributed by atoms with E-state index < -0.39 is 0 Å². The fraction of sp³-hybridized carbons (Fsp3) is 0.533. The molecule has 0 spiro atoms. The summed E-state index contributed by atoms with van der Waals surface area (Å²) in [5.74, 6) is 0. The van der Waals surface area contributed by atoms with E-state index in [9.17, 15) is 4.79 Å². The molecule has 0 aromatic heterocycles. The zero-order valence-corrected chi connectivity index (χ0v) is 12.7. The van der Waals surface area contributed by atoms with Crippen LogP contribution in [-0.2, 0) is 0 Å². The molecule has 1 aliphatic rings. The van der Waals surface area contributed by atoms with Gasteiger partial charge in [0.2, 0.25) is 0 Å². The maximum Gasteiger partial charge on any atom is 0.150 e. The van der Waals surface area contributed by atoms with Crippen LogP contribution in [0.4, 0.5) is 5.69 Å². The van der Waals surface area contributed by atoms with Gasteiger partial charge in [0, 0.05) is 23.1 Å². The summed E-state index contributed by atoms with van der Waals surface area (Å²) >= 11 is 3.58. The third-order valence-corrected chi connectivity index (χ3v) is 4.42. The van der Waals surface area contributed by atoms with Gasteiger partial charge < -0.3 is 4.90 Å². The third kappa shape index (κ3) is 3.14. The number of carbonyl (C=O) groups is 1. The van der Waals surface area contributed by atoms with Crippen molar-refractivity contribution in [2.75, 3.05) is 18.0 Å². The van der Waals surface area contributed by atoms with Gasteiger partial charge >= 0.3 is 0 Å². The number of benzene rings is 1. The summed E-state index contributed by atoms with van der Waals surface area (Å²) in [6.07, 6.45) is 4.62. The van der Waals surface area contributed by atoms with Gasteiger partial charge in [0.25, 0.3) is 0 Å². The standard InChI is InChI=1S/C15H20BrNO/c1-15(2)6-3-8-17(9-7-15)14-5-4-12(11-18)10-13(14)16/h4-5,10-11H,3,6-9H2,1-2H3. The van der Waals surface area contributed by atoms with Crippen molar-refractivity contribution in [3.63, 3.8) is 0 Å². The van der Waals surface area contributed by atoms with E-state index in [0.29, 0.717) is 5.41 Å². The Morgan fingerprint density at radius 1 is 1.28 bits per heavy atom. The first-order chi connectivity index (χ1) is 8.52. The molecule has 0 aliphatic carbocycles. The van der Waals surface area contributed by atoms with Gasteiger partial charge in [-0.25, -0.2) is 0 Å². The second-order valence-electron chi connectivity index (χ2n) is 5.83. The highest BCUT2D eigenvalue weighted by Gasteiger charge is 2.23. The van der Waals surface area contributed by atoms with Crippen LogP contribution in [0.25, 0.3) is 0 Å². The molecule has 0 amide bonds. The van der Waals surface area contributed by atoms with E-state index in [-0.39, 0.29) is 0 Å². The van der Waals surface area contributed by atoms with Gasteiger partial charge in [0.05, 0.1) is 5.69 Å². The van der Waals surface area contributed by atoms with E-state index in [2.05, 4.69) is 34.7 Å². The summed E-state index contributed by atoms with van der Waals surface area (Å²) in [7, 11) is 0. The number of aldehydes is 1. The minimum atomic E-state index is 0.448. The molecule has 0 bridgehead atoms. The number of rotatable bonds is 2. The molecular weight excluding hydrogens is 290 g/mol. The third-order valence-electron chi connectivity index (χ3n) is 3.79. The molecule has 2 nitrogen and oxygen atoms in total. The summed E-state index contributed by atoms with van der Waals surface area (Å²) in [6, 6.07) is 5.84. The van der Waals surface area contributed by atoms with Crippen LogP contribution in [0.3, 0.4) is 0 Å². The Morgan fingerprint density at radius 2 is 2.06 bits per heavy atom. The molecule has 1 heterocycles. The molecule has 0 N–H and O–H groups in total. The van der Waals surface area contributed by atoms with Crippen LogP contribution in [-0.4, -0.2) is 19.4 Å². The Morgan fingerprint density at radius 3 is 2.72 bits per heavy atom. The van der Waals surface area contributed by atoms with Crippen molar-refractivity contribution in [2.24, 2.45) is 5.41 Å². The Balaban J connectivity index is 2.18. The normalized spacial score (nSPS) is 19.4. The molecule has 1 aromatic rings. The minimum Gasteiger partial charge on any atom is -0.371 e. The van der Waals surface area contributed by atoms with Crippen LogP contribution in [0, 0.1) is 5.41 Å². The fourth-order valence-electron chi connectivity index (χ4n) is 2.52. The first kappa shape index (κ1) is 13.6. The first-order valence-corrected chi connectivity index (χ1v) is 7.31. The largest absolute Gasteiger partial charge is 0.371 e. The lowest BCUT2D eigenvalue weighted by atomic mass is 9.85. The van der Waals surface area contributed by atoms with Gasteiger partial charge in [-0.1, -0.05) is 13.8 Å². The Labute approximate surface area is 117 Å². The van der Waals surface area contributed by atoms with E-state index in [0.717, 1.165) is 29.4 Å². The van der Waals surface area contributed by atoms with Crippen molar-refractivity contribution in [3.05, 3.63) is 28.2 Å². The maximum atomic E-state index is 10.8. The van der Waals surface area contributed by atoms with Gasteiger partial charge in [-0.05, 0) is 58.8 Å². The van der Waals surface area contributed by atoms with Gasteiger partial charge in [-0.3, -0.25) is 4.79 Å². The highest BCUT2D eigenvalue weighted by Crippen LogP contribution is 2.34. The lowest BCUT2D eigenvalue weighted by molar-refractivity contribution is 0.112. The van der Waals surface area contributed by atoms with Gasteiger partial charge in [0.15, 0.2) is 0 Å². The molecule has 1 saturated heterocycles. The molecule has 0 saturated carbocycles. The number of nitrogens with zero attached hydrogens (tertiary/aromatic N) is 1. The van der Waals surface area contributed by atoms with E-state index in [4.69, 9.17) is 0 Å². The average molecular weight is 310 g/mol. The molecule has 1 fully saturated rings. The van der Waals surface area contributed by atoms with Gasteiger partial charge in [-0.15, -0.1) is 0 Å².